The summed E-state index contributed by atoms with van der Waals surface area (Å²) in [6.07, 6.45) is 5.88. The van der Waals surface area contributed by atoms with Crippen LogP contribution in [0.1, 0.15) is 16.8 Å². The molecule has 0 N–H and O–H groups in total. The summed E-state index contributed by atoms with van der Waals surface area (Å²) in [6, 6.07) is 15.0. The Morgan fingerprint density at radius 2 is 2.00 bits per heavy atom. The number of rotatable bonds is 3. The Balaban J connectivity index is 1.50. The first kappa shape index (κ1) is 13.4. The van der Waals surface area contributed by atoms with Gasteiger partial charge in [-0.15, -0.1) is 0 Å². The molecule has 2 aromatic heterocycles. The Morgan fingerprint density at radius 3 is 2.91 bits per heavy atom. The molecule has 0 amide bonds. The first-order valence-corrected chi connectivity index (χ1v) is 7.87. The van der Waals surface area contributed by atoms with E-state index in [0.29, 0.717) is 0 Å². The molecule has 0 fully saturated rings. The smallest absolute Gasteiger partial charge is 0.0736 e. The molecule has 3 nitrogen and oxygen atoms in total. The van der Waals surface area contributed by atoms with Gasteiger partial charge in [0.2, 0.25) is 0 Å². The lowest BCUT2D eigenvalue weighted by Crippen LogP contribution is -2.32. The molecule has 3 heterocycles. The molecular weight excluding hydrogens is 270 g/mol. The standard InChI is InChI=1S/C19H19N3/c1-2-4-15(5-3-1)7-10-22-11-8-19-17(14-22)12-16-13-20-9-6-18(16)21-19/h1-6,9,12-13H,7-8,10-11,14H2. The second kappa shape index (κ2) is 5.85. The molecule has 1 aliphatic heterocycles. The highest BCUT2D eigenvalue weighted by Gasteiger charge is 2.17. The highest BCUT2D eigenvalue weighted by Crippen LogP contribution is 2.22. The number of pyridine rings is 2. The summed E-state index contributed by atoms with van der Waals surface area (Å²) in [6.45, 7) is 3.21. The zero-order chi connectivity index (χ0) is 14.8. The first-order chi connectivity index (χ1) is 10.9. The monoisotopic (exact) mass is 289 g/mol. The van der Waals surface area contributed by atoms with Gasteiger partial charge in [0.05, 0.1) is 5.52 Å². The van der Waals surface area contributed by atoms with Crippen molar-refractivity contribution in [3.8, 4) is 0 Å². The van der Waals surface area contributed by atoms with Gasteiger partial charge in [-0.1, -0.05) is 30.3 Å². The van der Waals surface area contributed by atoms with Gasteiger partial charge in [-0.3, -0.25) is 14.9 Å². The number of hydrogen-bond donors (Lipinski definition) is 0. The van der Waals surface area contributed by atoms with Gasteiger partial charge in [-0.2, -0.15) is 0 Å². The van der Waals surface area contributed by atoms with E-state index in [9.17, 15) is 0 Å². The Kier molecular flexibility index (Phi) is 3.57. The van der Waals surface area contributed by atoms with E-state index in [4.69, 9.17) is 4.98 Å². The molecule has 0 spiro atoms. The van der Waals surface area contributed by atoms with Crippen LogP contribution in [0.3, 0.4) is 0 Å². The first-order valence-electron chi connectivity index (χ1n) is 7.87. The molecule has 0 saturated carbocycles. The quantitative estimate of drug-likeness (QED) is 0.741. The van der Waals surface area contributed by atoms with Crippen LogP contribution in [0.5, 0.6) is 0 Å². The molecule has 22 heavy (non-hydrogen) atoms. The third kappa shape index (κ3) is 2.72. The van der Waals surface area contributed by atoms with Crippen molar-refractivity contribution in [1.29, 1.82) is 0 Å². The highest BCUT2D eigenvalue weighted by molar-refractivity contribution is 5.78. The molecule has 0 radical (unpaired) electrons. The van der Waals surface area contributed by atoms with Crippen LogP contribution in [0.4, 0.5) is 0 Å². The van der Waals surface area contributed by atoms with Crippen molar-refractivity contribution in [2.24, 2.45) is 0 Å². The predicted molar refractivity (Wildman–Crippen MR) is 88.7 cm³/mol. The summed E-state index contributed by atoms with van der Waals surface area (Å²) in [5, 5.41) is 1.14. The average Bonchev–Trinajstić information content (AvgIpc) is 2.59. The van der Waals surface area contributed by atoms with Crippen molar-refractivity contribution in [1.82, 2.24) is 14.9 Å². The minimum Gasteiger partial charge on any atom is -0.298 e. The Bertz CT molecular complexity index is 783. The van der Waals surface area contributed by atoms with Gasteiger partial charge < -0.3 is 0 Å². The summed E-state index contributed by atoms with van der Waals surface area (Å²) in [5.41, 5.74) is 5.09. The normalized spacial score (nSPS) is 14.9. The van der Waals surface area contributed by atoms with E-state index < -0.39 is 0 Å². The van der Waals surface area contributed by atoms with Gasteiger partial charge in [-0.25, -0.2) is 0 Å². The maximum absolute atomic E-state index is 4.80. The van der Waals surface area contributed by atoms with Crippen LogP contribution >= 0.6 is 0 Å². The van der Waals surface area contributed by atoms with Crippen molar-refractivity contribution in [3.05, 3.63) is 71.7 Å². The molecule has 110 valence electrons. The van der Waals surface area contributed by atoms with Gasteiger partial charge in [0, 0.05) is 49.5 Å². The van der Waals surface area contributed by atoms with E-state index in [-0.39, 0.29) is 0 Å². The van der Waals surface area contributed by atoms with Crippen molar-refractivity contribution < 1.29 is 0 Å². The summed E-state index contributed by atoms with van der Waals surface area (Å²) in [4.78, 5) is 11.5. The highest BCUT2D eigenvalue weighted by atomic mass is 15.1. The van der Waals surface area contributed by atoms with Gasteiger partial charge in [0.15, 0.2) is 0 Å². The number of hydrogen-bond acceptors (Lipinski definition) is 3. The van der Waals surface area contributed by atoms with Gasteiger partial charge in [0.1, 0.15) is 0 Å². The van der Waals surface area contributed by atoms with E-state index in [1.807, 2.05) is 18.5 Å². The molecule has 1 aromatic carbocycles. The average molecular weight is 289 g/mol. The summed E-state index contributed by atoms with van der Waals surface area (Å²) in [7, 11) is 0. The van der Waals surface area contributed by atoms with Gasteiger partial charge in [0.25, 0.3) is 0 Å². The fourth-order valence-electron chi connectivity index (χ4n) is 3.16. The van der Waals surface area contributed by atoms with E-state index in [1.165, 1.54) is 16.8 Å². The van der Waals surface area contributed by atoms with E-state index in [0.717, 1.165) is 43.4 Å². The van der Waals surface area contributed by atoms with Crippen molar-refractivity contribution in [2.45, 2.75) is 19.4 Å². The summed E-state index contributed by atoms with van der Waals surface area (Å²) < 4.78 is 0. The molecule has 0 bridgehead atoms. The third-order valence-electron chi connectivity index (χ3n) is 4.40. The van der Waals surface area contributed by atoms with Crippen LogP contribution in [-0.4, -0.2) is 28.0 Å². The molecular formula is C19H19N3. The van der Waals surface area contributed by atoms with Crippen molar-refractivity contribution in [3.63, 3.8) is 0 Å². The summed E-state index contributed by atoms with van der Waals surface area (Å²) in [5.74, 6) is 0. The van der Waals surface area contributed by atoms with Crippen LogP contribution in [0.25, 0.3) is 10.9 Å². The lowest BCUT2D eigenvalue weighted by molar-refractivity contribution is 0.255. The van der Waals surface area contributed by atoms with Crippen LogP contribution in [0.2, 0.25) is 0 Å². The lowest BCUT2D eigenvalue weighted by atomic mass is 10.0. The molecule has 3 heteroatoms. The zero-order valence-corrected chi connectivity index (χ0v) is 12.6. The maximum atomic E-state index is 4.80. The molecule has 4 rings (SSSR count). The van der Waals surface area contributed by atoms with Crippen molar-refractivity contribution in [2.75, 3.05) is 13.1 Å². The summed E-state index contributed by atoms with van der Waals surface area (Å²) >= 11 is 0. The van der Waals surface area contributed by atoms with Crippen molar-refractivity contribution >= 4 is 10.9 Å². The SMILES string of the molecule is c1ccc(CCN2CCc3nc4ccncc4cc3C2)cc1. The largest absolute Gasteiger partial charge is 0.298 e. The Labute approximate surface area is 130 Å². The molecule has 0 aliphatic carbocycles. The lowest BCUT2D eigenvalue weighted by Gasteiger charge is -2.28. The van der Waals surface area contributed by atoms with E-state index in [1.54, 1.807) is 0 Å². The van der Waals surface area contributed by atoms with E-state index >= 15 is 0 Å². The molecule has 0 atom stereocenters. The number of fused-ring (bicyclic) bond motifs is 2. The minimum absolute atomic E-state index is 1.00. The van der Waals surface area contributed by atoms with E-state index in [2.05, 4.69) is 46.3 Å². The number of benzene rings is 1. The van der Waals surface area contributed by atoms with Crippen LogP contribution in [0.15, 0.2) is 54.9 Å². The second-order valence-corrected chi connectivity index (χ2v) is 5.92. The predicted octanol–water partition coefficient (Wildman–Crippen LogP) is 3.23. The van der Waals surface area contributed by atoms with Crippen LogP contribution in [-0.2, 0) is 19.4 Å². The Hall–Kier alpha value is -2.26. The van der Waals surface area contributed by atoms with Gasteiger partial charge in [-0.05, 0) is 29.7 Å². The minimum atomic E-state index is 1.00. The van der Waals surface area contributed by atoms with Crippen LogP contribution < -0.4 is 0 Å². The maximum Gasteiger partial charge on any atom is 0.0736 e. The molecule has 0 unspecified atom stereocenters. The van der Waals surface area contributed by atoms with Crippen LogP contribution in [0, 0.1) is 0 Å². The Morgan fingerprint density at radius 1 is 1.09 bits per heavy atom. The zero-order valence-electron chi connectivity index (χ0n) is 12.6. The fraction of sp³-hybridized carbons (Fsp3) is 0.263. The van der Waals surface area contributed by atoms with Gasteiger partial charge >= 0.3 is 0 Å². The molecule has 3 aromatic rings. The molecule has 0 saturated heterocycles. The molecule has 1 aliphatic rings. The fourth-order valence-corrected chi connectivity index (χ4v) is 3.16. The third-order valence-corrected chi connectivity index (χ3v) is 4.40. The number of aromatic nitrogens is 2. The topological polar surface area (TPSA) is 29.0 Å². The second-order valence-electron chi connectivity index (χ2n) is 5.92. The number of nitrogens with zero attached hydrogens (tertiary/aromatic N) is 3.